The fourth-order valence-corrected chi connectivity index (χ4v) is 2.64. The minimum Gasteiger partial charge on any atom is -0.447 e. The van der Waals surface area contributed by atoms with Gasteiger partial charge in [0.1, 0.15) is 6.61 Å². The number of cyclic esters (lactones) is 1. The van der Waals surface area contributed by atoms with Gasteiger partial charge in [-0.05, 0) is 35.9 Å². The predicted octanol–water partition coefficient (Wildman–Crippen LogP) is 3.59. The lowest BCUT2D eigenvalue weighted by molar-refractivity contribution is -0.115. The van der Waals surface area contributed by atoms with Crippen molar-refractivity contribution >= 4 is 39.3 Å². The molecule has 1 N–H and O–H groups in total. The van der Waals surface area contributed by atoms with Gasteiger partial charge in [0.2, 0.25) is 5.91 Å². The number of ether oxygens (including phenoxy) is 1. The lowest BCUT2D eigenvalue weighted by Crippen LogP contribution is -2.23. The summed E-state index contributed by atoms with van der Waals surface area (Å²) in [5, 5.41) is 2.85. The highest BCUT2D eigenvalue weighted by Crippen LogP contribution is 2.22. The van der Waals surface area contributed by atoms with Crippen LogP contribution in [0.5, 0.6) is 0 Å². The number of nitrogens with zero attached hydrogens (tertiary/aromatic N) is 1. The van der Waals surface area contributed by atoms with Gasteiger partial charge in [-0.1, -0.05) is 34.1 Å². The summed E-state index contributed by atoms with van der Waals surface area (Å²) in [5.41, 5.74) is 2.31. The molecule has 2 amide bonds. The first-order valence-electron chi connectivity index (χ1n) is 7.20. The third-order valence-electron chi connectivity index (χ3n) is 3.48. The van der Waals surface area contributed by atoms with Crippen LogP contribution in [-0.4, -0.2) is 25.2 Å². The van der Waals surface area contributed by atoms with Gasteiger partial charge in [-0.3, -0.25) is 9.69 Å². The van der Waals surface area contributed by atoms with Crippen molar-refractivity contribution in [2.45, 2.75) is 6.42 Å². The van der Waals surface area contributed by atoms with Crippen LogP contribution < -0.4 is 10.2 Å². The molecule has 118 valence electrons. The van der Waals surface area contributed by atoms with Gasteiger partial charge in [0.25, 0.3) is 0 Å². The van der Waals surface area contributed by atoms with E-state index in [-0.39, 0.29) is 12.0 Å². The van der Waals surface area contributed by atoms with Crippen molar-refractivity contribution in [3.05, 3.63) is 58.6 Å². The van der Waals surface area contributed by atoms with E-state index < -0.39 is 0 Å². The molecule has 1 aliphatic heterocycles. The van der Waals surface area contributed by atoms with Crippen LogP contribution in [0.4, 0.5) is 16.2 Å². The maximum Gasteiger partial charge on any atom is 0.414 e. The Kier molecular flexibility index (Phi) is 4.62. The Labute approximate surface area is 142 Å². The van der Waals surface area contributed by atoms with Crippen LogP contribution in [0.15, 0.2) is 53.0 Å². The van der Waals surface area contributed by atoms with Gasteiger partial charge >= 0.3 is 6.09 Å². The van der Waals surface area contributed by atoms with E-state index in [0.29, 0.717) is 30.9 Å². The van der Waals surface area contributed by atoms with Crippen molar-refractivity contribution in [1.29, 1.82) is 0 Å². The molecule has 0 bridgehead atoms. The SMILES string of the molecule is O=C(Cc1ccc(Br)cc1)Nc1cccc(N2CCOC2=O)c1. The number of hydrogen-bond donors (Lipinski definition) is 1. The third-order valence-corrected chi connectivity index (χ3v) is 4.01. The number of anilines is 2. The number of carbonyl (C=O) groups excluding carboxylic acids is 2. The van der Waals surface area contributed by atoms with Gasteiger partial charge in [-0.25, -0.2) is 4.79 Å². The second-order valence-corrected chi connectivity index (χ2v) is 6.08. The number of hydrogen-bond acceptors (Lipinski definition) is 3. The van der Waals surface area contributed by atoms with Gasteiger partial charge in [0.15, 0.2) is 0 Å². The van der Waals surface area contributed by atoms with E-state index >= 15 is 0 Å². The van der Waals surface area contributed by atoms with Crippen molar-refractivity contribution in [2.24, 2.45) is 0 Å². The van der Waals surface area contributed by atoms with E-state index in [2.05, 4.69) is 21.2 Å². The second-order valence-electron chi connectivity index (χ2n) is 5.17. The van der Waals surface area contributed by atoms with Crippen LogP contribution in [0.1, 0.15) is 5.56 Å². The molecule has 0 unspecified atom stereocenters. The largest absolute Gasteiger partial charge is 0.447 e. The summed E-state index contributed by atoms with van der Waals surface area (Å²) >= 11 is 3.37. The zero-order valence-corrected chi connectivity index (χ0v) is 13.9. The zero-order chi connectivity index (χ0) is 16.2. The van der Waals surface area contributed by atoms with E-state index in [1.807, 2.05) is 30.3 Å². The maximum absolute atomic E-state index is 12.1. The average Bonchev–Trinajstić information content (AvgIpc) is 2.96. The van der Waals surface area contributed by atoms with E-state index in [9.17, 15) is 9.59 Å². The summed E-state index contributed by atoms with van der Waals surface area (Å²) in [4.78, 5) is 25.3. The zero-order valence-electron chi connectivity index (χ0n) is 12.3. The summed E-state index contributed by atoms with van der Waals surface area (Å²) in [6.07, 6.45) is -0.0631. The molecule has 5 nitrogen and oxygen atoms in total. The average molecular weight is 375 g/mol. The summed E-state index contributed by atoms with van der Waals surface area (Å²) in [6.45, 7) is 0.911. The van der Waals surface area contributed by atoms with Crippen LogP contribution in [-0.2, 0) is 16.0 Å². The molecule has 0 aromatic heterocycles. The lowest BCUT2D eigenvalue weighted by Gasteiger charge is -2.14. The van der Waals surface area contributed by atoms with Crippen molar-refractivity contribution in [3.63, 3.8) is 0 Å². The Morgan fingerprint density at radius 3 is 2.70 bits per heavy atom. The monoisotopic (exact) mass is 374 g/mol. The minimum atomic E-state index is -0.358. The molecule has 3 rings (SSSR count). The second kappa shape index (κ2) is 6.83. The third kappa shape index (κ3) is 3.90. The highest BCUT2D eigenvalue weighted by atomic mass is 79.9. The topological polar surface area (TPSA) is 58.6 Å². The first kappa shape index (κ1) is 15.6. The lowest BCUT2D eigenvalue weighted by atomic mass is 10.1. The van der Waals surface area contributed by atoms with Gasteiger partial charge in [0.05, 0.1) is 13.0 Å². The first-order chi connectivity index (χ1) is 11.1. The molecule has 23 heavy (non-hydrogen) atoms. The van der Waals surface area contributed by atoms with Crippen LogP contribution >= 0.6 is 15.9 Å². The molecular weight excluding hydrogens is 360 g/mol. The highest BCUT2D eigenvalue weighted by Gasteiger charge is 2.23. The minimum absolute atomic E-state index is 0.103. The number of nitrogens with one attached hydrogen (secondary N) is 1. The number of rotatable bonds is 4. The van der Waals surface area contributed by atoms with Crippen molar-refractivity contribution in [3.8, 4) is 0 Å². The van der Waals surface area contributed by atoms with Gasteiger partial charge < -0.3 is 10.1 Å². The van der Waals surface area contributed by atoms with Crippen LogP contribution in [0.2, 0.25) is 0 Å². The Morgan fingerprint density at radius 2 is 2.00 bits per heavy atom. The summed E-state index contributed by atoms with van der Waals surface area (Å²) in [6, 6.07) is 14.8. The molecule has 6 heteroatoms. The molecule has 0 spiro atoms. The normalized spacial score (nSPS) is 13.8. The van der Waals surface area contributed by atoms with Crippen molar-refractivity contribution in [1.82, 2.24) is 0 Å². The van der Waals surface area contributed by atoms with Crippen LogP contribution in [0.3, 0.4) is 0 Å². The standard InChI is InChI=1S/C17H15BrN2O3/c18-13-6-4-12(5-7-13)10-16(21)19-14-2-1-3-15(11-14)20-8-9-23-17(20)22/h1-7,11H,8-10H2,(H,19,21). The number of amides is 2. The van der Waals surface area contributed by atoms with E-state index in [0.717, 1.165) is 10.0 Å². The molecule has 2 aromatic carbocycles. The molecule has 1 heterocycles. The quantitative estimate of drug-likeness (QED) is 0.889. The van der Waals surface area contributed by atoms with Gasteiger partial charge in [0, 0.05) is 15.8 Å². The molecule has 0 radical (unpaired) electrons. The molecule has 1 aliphatic rings. The Morgan fingerprint density at radius 1 is 1.22 bits per heavy atom. The highest BCUT2D eigenvalue weighted by molar-refractivity contribution is 9.10. The number of carbonyl (C=O) groups is 2. The molecule has 1 fully saturated rings. The van der Waals surface area contributed by atoms with E-state index in [1.54, 1.807) is 23.1 Å². The van der Waals surface area contributed by atoms with Crippen LogP contribution in [0.25, 0.3) is 0 Å². The smallest absolute Gasteiger partial charge is 0.414 e. The van der Waals surface area contributed by atoms with Crippen LogP contribution in [0, 0.1) is 0 Å². The fourth-order valence-electron chi connectivity index (χ4n) is 2.37. The number of halogens is 1. The Bertz CT molecular complexity index is 731. The molecular formula is C17H15BrN2O3. The summed E-state index contributed by atoms with van der Waals surface area (Å²) < 4.78 is 5.90. The molecule has 1 saturated heterocycles. The predicted molar refractivity (Wildman–Crippen MR) is 91.6 cm³/mol. The first-order valence-corrected chi connectivity index (χ1v) is 8.00. The number of benzene rings is 2. The molecule has 0 atom stereocenters. The van der Waals surface area contributed by atoms with E-state index in [1.165, 1.54) is 0 Å². The van der Waals surface area contributed by atoms with Gasteiger partial charge in [-0.2, -0.15) is 0 Å². The van der Waals surface area contributed by atoms with E-state index in [4.69, 9.17) is 4.74 Å². The van der Waals surface area contributed by atoms with Crippen molar-refractivity contribution in [2.75, 3.05) is 23.4 Å². The fraction of sp³-hybridized carbons (Fsp3) is 0.176. The molecule has 0 aliphatic carbocycles. The summed E-state index contributed by atoms with van der Waals surface area (Å²) in [7, 11) is 0. The summed E-state index contributed by atoms with van der Waals surface area (Å²) in [5.74, 6) is -0.103. The maximum atomic E-state index is 12.1. The van der Waals surface area contributed by atoms with Gasteiger partial charge in [-0.15, -0.1) is 0 Å². The molecule has 0 saturated carbocycles. The molecule has 2 aromatic rings. The Hall–Kier alpha value is -2.34. The van der Waals surface area contributed by atoms with Crippen molar-refractivity contribution < 1.29 is 14.3 Å². The Balaban J connectivity index is 1.66.